The third-order valence-corrected chi connectivity index (χ3v) is 2.16. The SMILES string of the molecule is CCOC(=O)C(F)(F)c1cc2cnccc2o1. The number of rotatable bonds is 3. The van der Waals surface area contributed by atoms with Crippen molar-refractivity contribution in [3.05, 3.63) is 30.3 Å². The van der Waals surface area contributed by atoms with Gasteiger partial charge in [-0.1, -0.05) is 0 Å². The van der Waals surface area contributed by atoms with Gasteiger partial charge >= 0.3 is 11.9 Å². The molecule has 0 aromatic carbocycles. The fourth-order valence-electron chi connectivity index (χ4n) is 1.36. The number of halogens is 2. The van der Waals surface area contributed by atoms with Gasteiger partial charge in [0.25, 0.3) is 0 Å². The number of nitrogens with zero attached hydrogens (tertiary/aromatic N) is 1. The van der Waals surface area contributed by atoms with Crippen LogP contribution in [0.3, 0.4) is 0 Å². The van der Waals surface area contributed by atoms with Crippen molar-refractivity contribution in [1.29, 1.82) is 0 Å². The molecule has 0 spiro atoms. The lowest BCUT2D eigenvalue weighted by molar-refractivity contribution is -0.175. The fraction of sp³-hybridized carbons (Fsp3) is 0.273. The van der Waals surface area contributed by atoms with E-state index in [1.165, 1.54) is 25.4 Å². The first-order valence-electron chi connectivity index (χ1n) is 4.94. The van der Waals surface area contributed by atoms with Crippen LogP contribution < -0.4 is 0 Å². The van der Waals surface area contributed by atoms with Crippen molar-refractivity contribution in [2.45, 2.75) is 12.8 Å². The molecule has 0 aliphatic rings. The molecule has 0 fully saturated rings. The largest absolute Gasteiger partial charge is 0.461 e. The molecule has 0 aliphatic heterocycles. The highest BCUT2D eigenvalue weighted by molar-refractivity contribution is 5.82. The molecule has 0 saturated carbocycles. The summed E-state index contributed by atoms with van der Waals surface area (Å²) >= 11 is 0. The predicted molar refractivity (Wildman–Crippen MR) is 54.5 cm³/mol. The zero-order valence-corrected chi connectivity index (χ0v) is 8.94. The molecule has 0 radical (unpaired) electrons. The Balaban J connectivity index is 2.41. The van der Waals surface area contributed by atoms with Gasteiger partial charge in [-0.2, -0.15) is 8.78 Å². The van der Waals surface area contributed by atoms with Crippen LogP contribution in [0.4, 0.5) is 8.78 Å². The van der Waals surface area contributed by atoms with Crippen molar-refractivity contribution in [3.63, 3.8) is 0 Å². The van der Waals surface area contributed by atoms with E-state index in [2.05, 4.69) is 9.72 Å². The van der Waals surface area contributed by atoms with Crippen LogP contribution in [0.5, 0.6) is 0 Å². The Hall–Kier alpha value is -1.98. The number of pyridine rings is 1. The van der Waals surface area contributed by atoms with E-state index in [-0.39, 0.29) is 12.2 Å². The van der Waals surface area contributed by atoms with Crippen molar-refractivity contribution in [1.82, 2.24) is 4.98 Å². The van der Waals surface area contributed by atoms with Crippen LogP contribution in [0, 0.1) is 0 Å². The van der Waals surface area contributed by atoms with Gasteiger partial charge in [-0.15, -0.1) is 0 Å². The van der Waals surface area contributed by atoms with Crippen LogP contribution in [0.25, 0.3) is 11.0 Å². The second-order valence-corrected chi connectivity index (χ2v) is 3.32. The molecule has 6 heteroatoms. The first-order valence-corrected chi connectivity index (χ1v) is 4.94. The molecule has 2 rings (SSSR count). The smallest absolute Gasteiger partial charge is 0.399 e. The normalized spacial score (nSPS) is 11.7. The molecule has 0 saturated heterocycles. The highest BCUT2D eigenvalue weighted by Crippen LogP contribution is 2.33. The van der Waals surface area contributed by atoms with E-state index in [4.69, 9.17) is 4.42 Å². The average Bonchev–Trinajstić information content (AvgIpc) is 2.73. The summed E-state index contributed by atoms with van der Waals surface area (Å²) in [4.78, 5) is 14.9. The average molecular weight is 241 g/mol. The van der Waals surface area contributed by atoms with Crippen LogP contribution in [-0.2, 0) is 15.5 Å². The number of hydrogen-bond acceptors (Lipinski definition) is 4. The van der Waals surface area contributed by atoms with Gasteiger partial charge in [-0.05, 0) is 19.1 Å². The van der Waals surface area contributed by atoms with Gasteiger partial charge in [0.2, 0.25) is 0 Å². The van der Waals surface area contributed by atoms with Crippen LogP contribution in [0.2, 0.25) is 0 Å². The first kappa shape index (κ1) is 11.5. The van der Waals surface area contributed by atoms with E-state index in [1.54, 1.807) is 0 Å². The molecule has 90 valence electrons. The summed E-state index contributed by atoms with van der Waals surface area (Å²) in [5, 5.41) is 0.409. The Morgan fingerprint density at radius 1 is 1.59 bits per heavy atom. The van der Waals surface area contributed by atoms with Crippen LogP contribution >= 0.6 is 0 Å². The fourth-order valence-corrected chi connectivity index (χ4v) is 1.36. The van der Waals surface area contributed by atoms with Crippen LogP contribution in [0.1, 0.15) is 12.7 Å². The van der Waals surface area contributed by atoms with E-state index < -0.39 is 17.7 Å². The van der Waals surface area contributed by atoms with Gasteiger partial charge in [-0.25, -0.2) is 4.79 Å². The summed E-state index contributed by atoms with van der Waals surface area (Å²) in [6, 6.07) is 2.53. The van der Waals surface area contributed by atoms with E-state index in [9.17, 15) is 13.6 Å². The standard InChI is InChI=1S/C11H9F2NO3/c1-2-16-10(15)11(12,13)9-5-7-6-14-4-3-8(7)17-9/h3-6H,2H2,1H3. The van der Waals surface area contributed by atoms with E-state index in [0.717, 1.165) is 6.07 Å². The molecule has 4 nitrogen and oxygen atoms in total. The molecule has 0 aliphatic carbocycles. The molecular weight excluding hydrogens is 232 g/mol. The second kappa shape index (κ2) is 4.12. The van der Waals surface area contributed by atoms with Crippen molar-refractivity contribution in [3.8, 4) is 0 Å². The quantitative estimate of drug-likeness (QED) is 0.774. The minimum atomic E-state index is -3.78. The number of carbonyl (C=O) groups excluding carboxylic acids is 1. The number of fused-ring (bicyclic) bond motifs is 1. The Morgan fingerprint density at radius 3 is 3.00 bits per heavy atom. The molecule has 0 atom stereocenters. The van der Waals surface area contributed by atoms with Gasteiger partial charge in [0, 0.05) is 17.8 Å². The van der Waals surface area contributed by atoms with E-state index in [0.29, 0.717) is 5.39 Å². The third-order valence-electron chi connectivity index (χ3n) is 2.16. The molecule has 0 unspecified atom stereocenters. The van der Waals surface area contributed by atoms with Gasteiger partial charge in [-0.3, -0.25) is 4.98 Å². The van der Waals surface area contributed by atoms with Crippen molar-refractivity contribution in [2.24, 2.45) is 0 Å². The second-order valence-electron chi connectivity index (χ2n) is 3.32. The highest BCUT2D eigenvalue weighted by atomic mass is 19.3. The van der Waals surface area contributed by atoms with Gasteiger partial charge in [0.15, 0.2) is 5.76 Å². The Labute approximate surface area is 95.2 Å². The molecule has 2 aromatic heterocycles. The number of hydrogen-bond donors (Lipinski definition) is 0. The molecule has 0 N–H and O–H groups in total. The Bertz CT molecular complexity index is 517. The summed E-state index contributed by atoms with van der Waals surface area (Å²) in [6.45, 7) is 1.34. The van der Waals surface area contributed by atoms with Crippen molar-refractivity contribution < 1.29 is 22.7 Å². The van der Waals surface area contributed by atoms with Crippen LogP contribution in [-0.4, -0.2) is 17.6 Å². The lowest BCUT2D eigenvalue weighted by Crippen LogP contribution is -2.27. The topological polar surface area (TPSA) is 52.3 Å². The summed E-state index contributed by atoms with van der Waals surface area (Å²) in [7, 11) is 0. The maximum atomic E-state index is 13.6. The number of aromatic nitrogens is 1. The van der Waals surface area contributed by atoms with Gasteiger partial charge in [0.05, 0.1) is 6.61 Å². The maximum Gasteiger partial charge on any atom is 0.399 e. The molecule has 0 amide bonds. The number of alkyl halides is 2. The predicted octanol–water partition coefficient (Wildman–Crippen LogP) is 2.48. The maximum absolute atomic E-state index is 13.6. The molecular formula is C11H9F2NO3. The summed E-state index contributed by atoms with van der Waals surface area (Å²) in [6.07, 6.45) is 2.79. The Morgan fingerprint density at radius 2 is 2.35 bits per heavy atom. The Kier molecular flexibility index (Phi) is 2.79. The minimum absolute atomic E-state index is 0.115. The van der Waals surface area contributed by atoms with Crippen molar-refractivity contribution >= 4 is 16.9 Å². The summed E-state index contributed by atoms with van der Waals surface area (Å²) < 4.78 is 36.4. The molecule has 2 aromatic rings. The lowest BCUT2D eigenvalue weighted by atomic mass is 10.2. The monoisotopic (exact) mass is 241 g/mol. The highest BCUT2D eigenvalue weighted by Gasteiger charge is 2.46. The van der Waals surface area contributed by atoms with Crippen molar-refractivity contribution in [2.75, 3.05) is 6.61 Å². The molecule has 17 heavy (non-hydrogen) atoms. The third kappa shape index (κ3) is 1.98. The van der Waals surface area contributed by atoms with E-state index >= 15 is 0 Å². The summed E-state index contributed by atoms with van der Waals surface area (Å²) in [5.41, 5.74) is 0.249. The summed E-state index contributed by atoms with van der Waals surface area (Å²) in [5.74, 6) is -6.14. The number of carbonyl (C=O) groups is 1. The van der Waals surface area contributed by atoms with Crippen LogP contribution in [0.15, 0.2) is 28.9 Å². The number of ether oxygens (including phenoxy) is 1. The minimum Gasteiger partial charge on any atom is -0.461 e. The number of furan rings is 1. The lowest BCUT2D eigenvalue weighted by Gasteiger charge is -2.11. The van der Waals surface area contributed by atoms with Gasteiger partial charge < -0.3 is 9.15 Å². The zero-order chi connectivity index (χ0) is 12.5. The van der Waals surface area contributed by atoms with Gasteiger partial charge in [0.1, 0.15) is 5.58 Å². The van der Waals surface area contributed by atoms with E-state index in [1.807, 2.05) is 0 Å². The molecule has 0 bridgehead atoms. The first-order chi connectivity index (χ1) is 8.05. The molecule has 2 heterocycles. The zero-order valence-electron chi connectivity index (χ0n) is 8.94. The number of esters is 1.